The van der Waals surface area contributed by atoms with E-state index in [9.17, 15) is 4.79 Å². The number of rotatable bonds is 6. The summed E-state index contributed by atoms with van der Waals surface area (Å²) in [6, 6.07) is 13.4. The number of amides is 1. The Morgan fingerprint density at radius 3 is 2.43 bits per heavy atom. The maximum absolute atomic E-state index is 12.3. The van der Waals surface area contributed by atoms with Gasteiger partial charge in [-0.05, 0) is 40.0 Å². The topological polar surface area (TPSA) is 59.5 Å². The maximum Gasteiger partial charge on any atom is 0.289 e. The number of furan rings is 1. The Morgan fingerprint density at radius 2 is 1.86 bits per heavy atom. The predicted octanol–water partition coefficient (Wildman–Crippen LogP) is 3.11. The van der Waals surface area contributed by atoms with Gasteiger partial charge in [0, 0.05) is 19.6 Å². The summed E-state index contributed by atoms with van der Waals surface area (Å²) in [6.07, 6.45) is 0.800. The van der Waals surface area contributed by atoms with Crippen LogP contribution in [0.2, 0.25) is 0 Å². The highest BCUT2D eigenvalue weighted by Crippen LogP contribution is 2.16. The Morgan fingerprint density at radius 1 is 1.14 bits per heavy atom. The summed E-state index contributed by atoms with van der Waals surface area (Å²) in [7, 11) is 0. The smallest absolute Gasteiger partial charge is 0.289 e. The van der Waals surface area contributed by atoms with Gasteiger partial charge in [-0.1, -0.05) is 30.3 Å². The van der Waals surface area contributed by atoms with Crippen LogP contribution in [-0.2, 0) is 6.42 Å². The first-order valence-corrected chi connectivity index (χ1v) is 7.28. The summed E-state index contributed by atoms with van der Waals surface area (Å²) in [5.41, 5.74) is 6.78. The molecule has 0 unspecified atom stereocenters. The zero-order valence-corrected chi connectivity index (χ0v) is 13.9. The van der Waals surface area contributed by atoms with Gasteiger partial charge in [0.15, 0.2) is 10.4 Å². The van der Waals surface area contributed by atoms with Gasteiger partial charge in [0.2, 0.25) is 0 Å². The molecule has 0 fully saturated rings. The summed E-state index contributed by atoms with van der Waals surface area (Å²) < 4.78 is 5.86. The second kappa shape index (κ2) is 8.87. The molecule has 0 aliphatic heterocycles. The van der Waals surface area contributed by atoms with Crippen LogP contribution in [0.4, 0.5) is 0 Å². The summed E-state index contributed by atoms with van der Waals surface area (Å²) in [5, 5.41) is 0. The van der Waals surface area contributed by atoms with Crippen molar-refractivity contribution in [2.75, 3.05) is 19.6 Å². The summed E-state index contributed by atoms with van der Waals surface area (Å²) >= 11 is 3.20. The molecule has 114 valence electrons. The largest absolute Gasteiger partial charge is 0.444 e. The van der Waals surface area contributed by atoms with E-state index in [1.165, 1.54) is 5.56 Å². The molecule has 0 aliphatic rings. The van der Waals surface area contributed by atoms with Crippen molar-refractivity contribution in [1.29, 1.82) is 0 Å². The van der Waals surface area contributed by atoms with Crippen molar-refractivity contribution in [2.24, 2.45) is 5.73 Å². The SMILES string of the molecule is Cl.NCCN(CCc1ccccc1)C(=O)c1ccc(Br)o1. The highest BCUT2D eigenvalue weighted by atomic mass is 79.9. The minimum Gasteiger partial charge on any atom is -0.444 e. The van der Waals surface area contributed by atoms with Gasteiger partial charge in [-0.2, -0.15) is 0 Å². The van der Waals surface area contributed by atoms with E-state index in [1.807, 2.05) is 18.2 Å². The van der Waals surface area contributed by atoms with E-state index < -0.39 is 0 Å². The number of carbonyl (C=O) groups excluding carboxylic acids is 1. The fourth-order valence-corrected chi connectivity index (χ4v) is 2.27. The van der Waals surface area contributed by atoms with Gasteiger partial charge in [-0.25, -0.2) is 0 Å². The average molecular weight is 374 g/mol. The second-order valence-corrected chi connectivity index (χ2v) is 5.20. The molecule has 1 aromatic carbocycles. The molecule has 0 saturated carbocycles. The van der Waals surface area contributed by atoms with Crippen molar-refractivity contribution in [3.05, 3.63) is 58.5 Å². The predicted molar refractivity (Wildman–Crippen MR) is 88.8 cm³/mol. The van der Waals surface area contributed by atoms with E-state index in [4.69, 9.17) is 10.2 Å². The van der Waals surface area contributed by atoms with Crippen molar-refractivity contribution < 1.29 is 9.21 Å². The quantitative estimate of drug-likeness (QED) is 0.846. The van der Waals surface area contributed by atoms with Gasteiger partial charge in [0.05, 0.1) is 0 Å². The Balaban J connectivity index is 0.00000220. The number of benzene rings is 1. The van der Waals surface area contributed by atoms with Crippen LogP contribution in [0.5, 0.6) is 0 Å². The number of hydrogen-bond donors (Lipinski definition) is 1. The third kappa shape index (κ3) is 5.19. The lowest BCUT2D eigenvalue weighted by Crippen LogP contribution is -2.36. The Labute approximate surface area is 138 Å². The van der Waals surface area contributed by atoms with Crippen LogP contribution < -0.4 is 5.73 Å². The van der Waals surface area contributed by atoms with Crippen molar-refractivity contribution in [2.45, 2.75) is 6.42 Å². The van der Waals surface area contributed by atoms with Crippen molar-refractivity contribution >= 4 is 34.2 Å². The van der Waals surface area contributed by atoms with E-state index in [0.717, 1.165) is 6.42 Å². The molecule has 0 bridgehead atoms. The Bertz CT molecular complexity index is 560. The number of nitrogens with zero attached hydrogens (tertiary/aromatic N) is 1. The van der Waals surface area contributed by atoms with Crippen LogP contribution in [-0.4, -0.2) is 30.4 Å². The molecule has 2 rings (SSSR count). The molecule has 0 saturated heterocycles. The third-order valence-corrected chi connectivity index (χ3v) is 3.41. The van der Waals surface area contributed by atoms with E-state index in [2.05, 4.69) is 28.1 Å². The molecule has 1 aromatic heterocycles. The van der Waals surface area contributed by atoms with Crippen molar-refractivity contribution in [3.63, 3.8) is 0 Å². The van der Waals surface area contributed by atoms with Gasteiger partial charge in [0.25, 0.3) is 5.91 Å². The van der Waals surface area contributed by atoms with Crippen LogP contribution in [0, 0.1) is 0 Å². The molecule has 0 radical (unpaired) electrons. The van der Waals surface area contributed by atoms with Crippen LogP contribution in [0.15, 0.2) is 51.6 Å². The Kier molecular flexibility index (Phi) is 7.50. The minimum absolute atomic E-state index is 0. The van der Waals surface area contributed by atoms with Gasteiger partial charge in [0.1, 0.15) is 0 Å². The molecule has 0 aliphatic carbocycles. The lowest BCUT2D eigenvalue weighted by atomic mass is 10.1. The Hall–Kier alpha value is -1.30. The average Bonchev–Trinajstić information content (AvgIpc) is 2.90. The molecule has 0 atom stereocenters. The summed E-state index contributed by atoms with van der Waals surface area (Å²) in [5.74, 6) is 0.204. The molecule has 1 amide bonds. The molecule has 21 heavy (non-hydrogen) atoms. The minimum atomic E-state index is -0.128. The highest BCUT2D eigenvalue weighted by molar-refractivity contribution is 9.10. The summed E-state index contributed by atoms with van der Waals surface area (Å²) in [4.78, 5) is 14.0. The molecular formula is C15H18BrClN2O2. The fraction of sp³-hybridized carbons (Fsp3) is 0.267. The van der Waals surface area contributed by atoms with Crippen LogP contribution in [0.1, 0.15) is 16.1 Å². The summed E-state index contributed by atoms with van der Waals surface area (Å²) in [6.45, 7) is 1.57. The molecular weight excluding hydrogens is 356 g/mol. The fourth-order valence-electron chi connectivity index (χ4n) is 1.96. The third-order valence-electron chi connectivity index (χ3n) is 2.98. The number of nitrogens with two attached hydrogens (primary N) is 1. The van der Waals surface area contributed by atoms with E-state index >= 15 is 0 Å². The van der Waals surface area contributed by atoms with Gasteiger partial charge in [-0.15, -0.1) is 12.4 Å². The molecule has 6 heteroatoms. The monoisotopic (exact) mass is 372 g/mol. The van der Waals surface area contributed by atoms with Gasteiger partial charge < -0.3 is 15.1 Å². The normalized spacial score (nSPS) is 10.0. The second-order valence-electron chi connectivity index (χ2n) is 4.42. The lowest BCUT2D eigenvalue weighted by molar-refractivity contribution is 0.0728. The zero-order chi connectivity index (χ0) is 14.4. The molecule has 2 N–H and O–H groups in total. The van der Waals surface area contributed by atoms with Crippen LogP contribution in [0.3, 0.4) is 0 Å². The van der Waals surface area contributed by atoms with Crippen molar-refractivity contribution in [3.8, 4) is 0 Å². The molecule has 2 aromatic rings. The molecule has 0 spiro atoms. The number of hydrogen-bond acceptors (Lipinski definition) is 3. The molecule has 1 heterocycles. The lowest BCUT2D eigenvalue weighted by Gasteiger charge is -2.20. The van der Waals surface area contributed by atoms with Crippen LogP contribution in [0.25, 0.3) is 0 Å². The zero-order valence-electron chi connectivity index (χ0n) is 11.5. The maximum atomic E-state index is 12.3. The van der Waals surface area contributed by atoms with Gasteiger partial charge >= 0.3 is 0 Å². The number of carbonyl (C=O) groups is 1. The van der Waals surface area contributed by atoms with E-state index in [0.29, 0.717) is 30.1 Å². The standard InChI is InChI=1S/C15H17BrN2O2.ClH/c16-14-7-6-13(20-14)15(19)18(11-9-17)10-8-12-4-2-1-3-5-12;/h1-7H,8-11,17H2;1H. The van der Waals surface area contributed by atoms with Crippen molar-refractivity contribution in [1.82, 2.24) is 4.90 Å². The number of halogens is 2. The van der Waals surface area contributed by atoms with Gasteiger partial charge in [-0.3, -0.25) is 4.79 Å². The van der Waals surface area contributed by atoms with E-state index in [1.54, 1.807) is 17.0 Å². The first-order chi connectivity index (χ1) is 9.70. The van der Waals surface area contributed by atoms with Crippen LogP contribution >= 0.6 is 28.3 Å². The molecule has 4 nitrogen and oxygen atoms in total. The first kappa shape index (κ1) is 17.8. The highest BCUT2D eigenvalue weighted by Gasteiger charge is 2.18. The first-order valence-electron chi connectivity index (χ1n) is 6.49. The van der Waals surface area contributed by atoms with E-state index in [-0.39, 0.29) is 18.3 Å².